The van der Waals surface area contributed by atoms with E-state index in [0.717, 1.165) is 0 Å². The van der Waals surface area contributed by atoms with Crippen molar-refractivity contribution in [2.24, 2.45) is 5.92 Å². The molecule has 0 radical (unpaired) electrons. The van der Waals surface area contributed by atoms with Crippen LogP contribution in [0.3, 0.4) is 0 Å². The molecule has 0 aromatic carbocycles. The molecule has 136 valence electrons. The molecule has 0 unspecified atom stereocenters. The molecular weight excluding hydrogens is 328 g/mol. The third-order valence-electron chi connectivity index (χ3n) is 5.36. The van der Waals surface area contributed by atoms with Gasteiger partial charge in [0, 0.05) is 32.6 Å². The summed E-state index contributed by atoms with van der Waals surface area (Å²) in [6, 6.07) is 3.18. The molecule has 0 saturated carbocycles. The monoisotopic (exact) mass is 350 g/mol. The Balaban J connectivity index is 1.71. The van der Waals surface area contributed by atoms with E-state index >= 15 is 0 Å². The molecule has 2 aliphatic heterocycles. The molecule has 2 saturated heterocycles. The molecule has 25 heavy (non-hydrogen) atoms. The Bertz CT molecular complexity index is 689. The first kappa shape index (κ1) is 17.3. The molecule has 0 aliphatic carbocycles. The highest BCUT2D eigenvalue weighted by Crippen LogP contribution is 2.43. The fraction of sp³-hybridized carbons (Fsp3) is 0.588. The summed E-state index contributed by atoms with van der Waals surface area (Å²) >= 11 is 0. The smallest absolute Gasteiger partial charge is 0.309 e. The Hall–Kier alpha value is -2.51. The number of furan rings is 1. The van der Waals surface area contributed by atoms with Gasteiger partial charge in [0.15, 0.2) is 5.76 Å². The first-order chi connectivity index (χ1) is 11.9. The minimum atomic E-state index is -0.954. The van der Waals surface area contributed by atoms with Crippen molar-refractivity contribution in [1.29, 1.82) is 0 Å². The number of carbonyl (C=O) groups excluding carboxylic acids is 2. The maximum absolute atomic E-state index is 12.6. The van der Waals surface area contributed by atoms with E-state index in [2.05, 4.69) is 0 Å². The highest BCUT2D eigenvalue weighted by molar-refractivity contribution is 5.92. The summed E-state index contributed by atoms with van der Waals surface area (Å²) in [4.78, 5) is 39.4. The van der Waals surface area contributed by atoms with Crippen molar-refractivity contribution in [1.82, 2.24) is 9.80 Å². The summed E-state index contributed by atoms with van der Waals surface area (Å²) in [5, 5.41) is 9.48. The highest BCUT2D eigenvalue weighted by Gasteiger charge is 2.55. The summed E-state index contributed by atoms with van der Waals surface area (Å²) in [5.41, 5.74) is -0.709. The van der Waals surface area contributed by atoms with Gasteiger partial charge in [-0.3, -0.25) is 14.4 Å². The van der Waals surface area contributed by atoms with E-state index in [1.807, 2.05) is 6.92 Å². The minimum Gasteiger partial charge on any atom is -0.481 e. The summed E-state index contributed by atoms with van der Waals surface area (Å²) < 4.78 is 10.6. The van der Waals surface area contributed by atoms with Crippen LogP contribution in [0.25, 0.3) is 0 Å². The number of hydrogen-bond donors (Lipinski definition) is 1. The van der Waals surface area contributed by atoms with Gasteiger partial charge in [-0.25, -0.2) is 0 Å². The third-order valence-corrected chi connectivity index (χ3v) is 5.36. The van der Waals surface area contributed by atoms with Gasteiger partial charge in [0.05, 0.1) is 18.1 Å². The second kappa shape index (κ2) is 6.42. The van der Waals surface area contributed by atoms with Crippen LogP contribution >= 0.6 is 0 Å². The fourth-order valence-electron chi connectivity index (χ4n) is 3.89. The third kappa shape index (κ3) is 2.85. The number of hydrogen-bond acceptors (Lipinski definition) is 5. The number of aliphatic carboxylic acids is 1. The summed E-state index contributed by atoms with van der Waals surface area (Å²) in [5.74, 6) is -1.59. The molecular formula is C17H22N2O6. The van der Waals surface area contributed by atoms with Crippen LogP contribution in [0.4, 0.5) is 0 Å². The predicted molar refractivity (Wildman–Crippen MR) is 86.3 cm³/mol. The molecule has 3 heterocycles. The molecule has 2 amide bonds. The Labute approximate surface area is 145 Å². The maximum Gasteiger partial charge on any atom is 0.309 e. The van der Waals surface area contributed by atoms with Crippen LogP contribution in [0.2, 0.25) is 0 Å². The van der Waals surface area contributed by atoms with Crippen molar-refractivity contribution < 1.29 is 28.6 Å². The van der Waals surface area contributed by atoms with Crippen molar-refractivity contribution in [3.05, 3.63) is 17.9 Å². The SMILES string of the molecule is CCOc1ccc(C(=O)N2CCC3(CC2)[C@@H](C(=O)O)CC(=O)N3C)o1. The van der Waals surface area contributed by atoms with E-state index in [4.69, 9.17) is 9.15 Å². The molecule has 0 bridgehead atoms. The van der Waals surface area contributed by atoms with Gasteiger partial charge in [-0.1, -0.05) is 0 Å². The Morgan fingerprint density at radius 2 is 2.04 bits per heavy atom. The van der Waals surface area contributed by atoms with Crippen LogP contribution in [-0.4, -0.2) is 65.0 Å². The quantitative estimate of drug-likeness (QED) is 0.876. The molecule has 1 aromatic heterocycles. The van der Waals surface area contributed by atoms with Crippen molar-refractivity contribution >= 4 is 17.8 Å². The van der Waals surface area contributed by atoms with Crippen LogP contribution < -0.4 is 4.74 Å². The number of ether oxygens (including phenoxy) is 1. The van der Waals surface area contributed by atoms with E-state index in [-0.39, 0.29) is 24.0 Å². The Kier molecular flexibility index (Phi) is 4.45. The minimum absolute atomic E-state index is 0.0235. The molecule has 1 spiro atoms. The second-order valence-electron chi connectivity index (χ2n) is 6.50. The van der Waals surface area contributed by atoms with Gasteiger partial charge in [0.2, 0.25) is 5.91 Å². The number of likely N-dealkylation sites (tertiary alicyclic amines) is 2. The molecule has 2 fully saturated rings. The molecule has 8 nitrogen and oxygen atoms in total. The standard InChI is InChI=1S/C17H22N2O6/c1-3-24-14-5-4-12(25-14)15(21)19-8-6-17(7-9-19)11(16(22)23)10-13(20)18(17)2/h4-5,11H,3,6-10H2,1-2H3,(H,22,23)/t11-/m1/s1. The number of nitrogens with zero attached hydrogens (tertiary/aromatic N) is 2. The topological polar surface area (TPSA) is 100 Å². The van der Waals surface area contributed by atoms with E-state index in [0.29, 0.717) is 38.5 Å². The van der Waals surface area contributed by atoms with Crippen molar-refractivity contribution in [3.63, 3.8) is 0 Å². The second-order valence-corrected chi connectivity index (χ2v) is 6.50. The average molecular weight is 350 g/mol. The van der Waals surface area contributed by atoms with E-state index in [9.17, 15) is 19.5 Å². The number of amides is 2. The van der Waals surface area contributed by atoms with Crippen LogP contribution in [-0.2, 0) is 9.59 Å². The molecule has 8 heteroatoms. The Morgan fingerprint density at radius 3 is 2.64 bits per heavy atom. The van der Waals surface area contributed by atoms with Gasteiger partial charge in [0.1, 0.15) is 0 Å². The highest BCUT2D eigenvalue weighted by atomic mass is 16.6. The zero-order valence-corrected chi connectivity index (χ0v) is 14.4. The van der Waals surface area contributed by atoms with E-state index in [1.165, 1.54) is 0 Å². The average Bonchev–Trinajstić information content (AvgIpc) is 3.15. The van der Waals surface area contributed by atoms with Crippen LogP contribution in [0.5, 0.6) is 5.95 Å². The van der Waals surface area contributed by atoms with Gasteiger partial charge in [-0.05, 0) is 25.8 Å². The summed E-state index contributed by atoms with van der Waals surface area (Å²) in [6.45, 7) is 3.03. The van der Waals surface area contributed by atoms with Gasteiger partial charge < -0.3 is 24.1 Å². The zero-order valence-electron chi connectivity index (χ0n) is 14.4. The van der Waals surface area contributed by atoms with E-state index in [1.54, 1.807) is 29.0 Å². The predicted octanol–water partition coefficient (Wildman–Crippen LogP) is 1.22. The lowest BCUT2D eigenvalue weighted by atomic mass is 9.77. The van der Waals surface area contributed by atoms with Crippen molar-refractivity contribution in [3.8, 4) is 5.95 Å². The van der Waals surface area contributed by atoms with Crippen molar-refractivity contribution in [2.75, 3.05) is 26.7 Å². The van der Waals surface area contributed by atoms with Crippen LogP contribution in [0.1, 0.15) is 36.7 Å². The van der Waals surface area contributed by atoms with Gasteiger partial charge in [-0.15, -0.1) is 0 Å². The van der Waals surface area contributed by atoms with Gasteiger partial charge in [-0.2, -0.15) is 0 Å². The number of piperidine rings is 1. The number of carboxylic acids is 1. The molecule has 2 aliphatic rings. The van der Waals surface area contributed by atoms with Gasteiger partial charge >= 0.3 is 5.97 Å². The number of carbonyl (C=O) groups is 3. The molecule has 1 N–H and O–H groups in total. The van der Waals surface area contributed by atoms with Gasteiger partial charge in [0.25, 0.3) is 11.9 Å². The summed E-state index contributed by atoms with van der Waals surface area (Å²) in [7, 11) is 1.66. The van der Waals surface area contributed by atoms with Crippen LogP contribution in [0.15, 0.2) is 16.5 Å². The largest absolute Gasteiger partial charge is 0.481 e. The number of rotatable bonds is 4. The lowest BCUT2D eigenvalue weighted by Gasteiger charge is -2.45. The molecule has 1 atom stereocenters. The Morgan fingerprint density at radius 1 is 1.36 bits per heavy atom. The lowest BCUT2D eigenvalue weighted by molar-refractivity contribution is -0.145. The lowest BCUT2D eigenvalue weighted by Crippen LogP contribution is -2.56. The van der Waals surface area contributed by atoms with E-state index < -0.39 is 17.4 Å². The normalized spacial score (nSPS) is 22.5. The van der Waals surface area contributed by atoms with Crippen LogP contribution in [0, 0.1) is 5.92 Å². The first-order valence-electron chi connectivity index (χ1n) is 8.40. The fourth-order valence-corrected chi connectivity index (χ4v) is 3.89. The van der Waals surface area contributed by atoms with Crippen molar-refractivity contribution in [2.45, 2.75) is 31.7 Å². The molecule has 3 rings (SSSR count). The zero-order chi connectivity index (χ0) is 18.2. The maximum atomic E-state index is 12.6. The first-order valence-corrected chi connectivity index (χ1v) is 8.40. The molecule has 1 aromatic rings. The summed E-state index contributed by atoms with van der Waals surface area (Å²) in [6.07, 6.45) is 0.906. The number of carboxylic acid groups (broad SMARTS) is 1.